The molecule has 0 aliphatic rings. The lowest BCUT2D eigenvalue weighted by Crippen LogP contribution is -2.33. The molecule has 0 aromatic heterocycles. The zero-order valence-electron chi connectivity index (χ0n) is 27.2. The first kappa shape index (κ1) is 40.0. The van der Waals surface area contributed by atoms with E-state index in [1.165, 1.54) is 52.0 Å². The number of alkyl halides is 4. The number of halogens is 4. The molecule has 3 rings (SSSR count). The second-order valence-corrected chi connectivity index (χ2v) is 16.7. The largest absolute Gasteiger partial charge is 0.404 e. The summed E-state index contributed by atoms with van der Waals surface area (Å²) in [5, 5.41) is 0. The Morgan fingerprint density at radius 2 is 0.938 bits per heavy atom. The fraction of sp³-hybridized carbons (Fsp3) is 0.438. The monoisotopic (exact) mass is 737 g/mol. The highest BCUT2D eigenvalue weighted by atomic mass is 32.2. The van der Waals surface area contributed by atoms with E-state index in [1.54, 1.807) is 30.3 Å². The molecule has 48 heavy (non-hydrogen) atoms. The lowest BCUT2D eigenvalue weighted by atomic mass is 10.1. The smallest absolute Gasteiger partial charge is 0.304 e. The Morgan fingerprint density at radius 3 is 1.27 bits per heavy atom. The normalized spacial score (nSPS) is 13.3. The molecule has 3 aromatic carbocycles. The molecule has 0 radical (unpaired) electrons. The van der Waals surface area contributed by atoms with E-state index in [9.17, 15) is 17.5 Å². The van der Waals surface area contributed by atoms with E-state index < -0.39 is 47.7 Å². The van der Waals surface area contributed by atoms with Gasteiger partial charge in [-0.2, -0.15) is 21.9 Å². The first-order chi connectivity index (χ1) is 22.6. The molecule has 0 aliphatic heterocycles. The molecule has 0 bridgehead atoms. The Kier molecular flexibility index (Phi) is 14.2. The number of hydrogen-bond donors (Lipinski definition) is 0. The predicted molar refractivity (Wildman–Crippen MR) is 176 cm³/mol. The van der Waals surface area contributed by atoms with E-state index in [0.717, 1.165) is 34.1 Å². The molecule has 0 aliphatic carbocycles. The molecule has 266 valence electrons. The zero-order valence-corrected chi connectivity index (χ0v) is 29.8. The van der Waals surface area contributed by atoms with Crippen LogP contribution in [0.5, 0.6) is 0 Å². The average Bonchev–Trinajstić information content (AvgIpc) is 3.05. The summed E-state index contributed by atoms with van der Waals surface area (Å²) in [4.78, 5) is 0. The maximum atomic E-state index is 15.3. The van der Waals surface area contributed by atoms with Crippen LogP contribution in [0.3, 0.4) is 0 Å². The van der Waals surface area contributed by atoms with Crippen molar-refractivity contribution in [2.45, 2.75) is 58.5 Å². The van der Waals surface area contributed by atoms with Gasteiger partial charge < -0.3 is 18.1 Å². The van der Waals surface area contributed by atoms with Gasteiger partial charge in [-0.3, -0.25) is 9.13 Å². The van der Waals surface area contributed by atoms with Gasteiger partial charge in [0, 0.05) is 24.2 Å². The second-order valence-electron chi connectivity index (χ2n) is 10.5. The molecule has 0 fully saturated rings. The highest BCUT2D eigenvalue weighted by molar-refractivity contribution is 7.89. The molecule has 3 aromatic rings. The van der Waals surface area contributed by atoms with Gasteiger partial charge in [0.15, 0.2) is 0 Å². The summed E-state index contributed by atoms with van der Waals surface area (Å²) in [6.07, 6.45) is 0.185. The Balaban J connectivity index is 1.93. The molecule has 0 spiro atoms. The summed E-state index contributed by atoms with van der Waals surface area (Å²) in [5.41, 5.74) is -7.78. The van der Waals surface area contributed by atoms with E-state index in [1.807, 2.05) is 0 Å². The van der Waals surface area contributed by atoms with Crippen molar-refractivity contribution in [3.63, 3.8) is 0 Å². The van der Waals surface area contributed by atoms with E-state index in [-0.39, 0.29) is 51.7 Å². The molecule has 0 unspecified atom stereocenters. The van der Waals surface area contributed by atoms with Crippen LogP contribution in [0.25, 0.3) is 0 Å². The van der Waals surface area contributed by atoms with Crippen LogP contribution >= 0.6 is 15.2 Å². The maximum absolute atomic E-state index is 15.3. The average molecular weight is 738 g/mol. The molecule has 0 N–H and O–H groups in total. The minimum atomic E-state index is -4.86. The number of hydrogen-bond acceptors (Lipinski definition) is 8. The minimum absolute atomic E-state index is 0.185. The number of sulfonamides is 1. The lowest BCUT2D eigenvalue weighted by Gasteiger charge is -2.27. The van der Waals surface area contributed by atoms with Crippen LogP contribution in [0.4, 0.5) is 17.6 Å². The quantitative estimate of drug-likeness (QED) is 0.0836. The van der Waals surface area contributed by atoms with Gasteiger partial charge in [-0.1, -0.05) is 78.9 Å². The molecule has 9 nitrogen and oxygen atoms in total. The van der Waals surface area contributed by atoms with Crippen LogP contribution in [-0.2, 0) is 68.1 Å². The van der Waals surface area contributed by atoms with Gasteiger partial charge in [0.2, 0.25) is 10.0 Å². The molecule has 0 amide bonds. The SMILES string of the molecule is CCOP(=O)(OCC)C(F)(F)c1ccc(CN(Cc2ccc(C(F)(F)P(=O)(OCC)OCC)cc2)S(=O)(=O)CCc2ccccc2)cc1. The van der Waals surface area contributed by atoms with Crippen LogP contribution in [0.15, 0.2) is 78.9 Å². The summed E-state index contributed by atoms with van der Waals surface area (Å²) in [7, 11) is -13.7. The van der Waals surface area contributed by atoms with Gasteiger partial charge in [-0.25, -0.2) is 8.42 Å². The Hall–Kier alpha value is -2.41. The molecule has 0 heterocycles. The van der Waals surface area contributed by atoms with E-state index in [4.69, 9.17) is 18.1 Å². The third-order valence-corrected chi connectivity index (χ3v) is 13.1. The van der Waals surface area contributed by atoms with Crippen molar-refractivity contribution in [2.75, 3.05) is 32.2 Å². The summed E-state index contributed by atoms with van der Waals surface area (Å²) in [6.45, 7) is 4.09. The third-order valence-electron chi connectivity index (χ3n) is 7.09. The molecule has 0 saturated heterocycles. The predicted octanol–water partition coefficient (Wildman–Crippen LogP) is 8.89. The van der Waals surface area contributed by atoms with Crippen molar-refractivity contribution >= 4 is 25.2 Å². The second kappa shape index (κ2) is 17.0. The van der Waals surface area contributed by atoms with Crippen molar-refractivity contribution in [3.8, 4) is 0 Å². The molecule has 0 atom stereocenters. The molecular formula is C32H41F4NO8P2S. The molecular weight excluding hydrogens is 696 g/mol. The summed E-state index contributed by atoms with van der Waals surface area (Å²) in [5.74, 6) is -0.291. The first-order valence-electron chi connectivity index (χ1n) is 15.3. The van der Waals surface area contributed by atoms with Crippen molar-refractivity contribution in [1.82, 2.24) is 4.31 Å². The van der Waals surface area contributed by atoms with E-state index in [2.05, 4.69) is 0 Å². The van der Waals surface area contributed by atoms with Gasteiger partial charge in [-0.15, -0.1) is 0 Å². The Morgan fingerprint density at radius 1 is 0.583 bits per heavy atom. The minimum Gasteiger partial charge on any atom is -0.304 e. The van der Waals surface area contributed by atoms with Gasteiger partial charge in [0.25, 0.3) is 0 Å². The van der Waals surface area contributed by atoms with Gasteiger partial charge in [0.1, 0.15) is 0 Å². The zero-order chi connectivity index (χ0) is 35.6. The highest BCUT2D eigenvalue weighted by Crippen LogP contribution is 2.67. The van der Waals surface area contributed by atoms with Gasteiger partial charge in [0.05, 0.1) is 32.2 Å². The van der Waals surface area contributed by atoms with Crippen molar-refractivity contribution in [3.05, 3.63) is 107 Å². The maximum Gasteiger partial charge on any atom is 0.404 e. The fourth-order valence-corrected chi connectivity index (χ4v) is 9.23. The van der Waals surface area contributed by atoms with E-state index >= 15 is 17.6 Å². The lowest BCUT2D eigenvalue weighted by molar-refractivity contribution is 0.0360. The summed E-state index contributed by atoms with van der Waals surface area (Å²) in [6, 6.07) is 18.2. The molecule has 0 saturated carbocycles. The van der Waals surface area contributed by atoms with Crippen LogP contribution in [-0.4, -0.2) is 44.9 Å². The van der Waals surface area contributed by atoms with Crippen LogP contribution in [0, 0.1) is 0 Å². The highest BCUT2D eigenvalue weighted by Gasteiger charge is 2.55. The number of aryl methyl sites for hydroxylation is 1. The molecule has 16 heteroatoms. The topological polar surface area (TPSA) is 108 Å². The van der Waals surface area contributed by atoms with Crippen molar-refractivity contribution in [1.29, 1.82) is 0 Å². The van der Waals surface area contributed by atoms with Crippen molar-refractivity contribution in [2.24, 2.45) is 0 Å². The van der Waals surface area contributed by atoms with Gasteiger partial charge >= 0.3 is 26.5 Å². The number of benzene rings is 3. The Labute approximate surface area is 279 Å². The van der Waals surface area contributed by atoms with E-state index in [0.29, 0.717) is 11.1 Å². The summed E-state index contributed by atoms with van der Waals surface area (Å²) < 4.78 is 135. The van der Waals surface area contributed by atoms with Gasteiger partial charge in [-0.05, 0) is 50.8 Å². The standard InChI is InChI=1S/C32H41F4NO8P2S/c1-5-42-46(38,43-6-2)31(33,34)29-18-14-27(15-19-29)24-37(48(40,41)23-22-26-12-10-9-11-13-26)25-28-16-20-30(21-17-28)32(35,36)47(39,44-7-3)45-8-4/h9-21H,5-8,22-25H2,1-4H3. The van der Waals surface area contributed by atoms with Crippen LogP contribution in [0.1, 0.15) is 55.5 Å². The summed E-state index contributed by atoms with van der Waals surface area (Å²) >= 11 is 0. The first-order valence-corrected chi connectivity index (χ1v) is 20.0. The number of rotatable bonds is 20. The Bertz CT molecular complexity index is 1550. The van der Waals surface area contributed by atoms with Crippen molar-refractivity contribution < 1.29 is 53.2 Å². The fourth-order valence-electron chi connectivity index (χ4n) is 4.70. The van der Waals surface area contributed by atoms with Crippen LogP contribution < -0.4 is 0 Å². The van der Waals surface area contributed by atoms with Crippen LogP contribution in [0.2, 0.25) is 0 Å². The number of nitrogens with zero attached hydrogens (tertiary/aromatic N) is 1. The third kappa shape index (κ3) is 9.43.